The number of carbonyl (C=O) groups excluding carboxylic acids is 1. The van der Waals surface area contributed by atoms with Gasteiger partial charge in [-0.1, -0.05) is 29.8 Å². The van der Waals surface area contributed by atoms with Crippen molar-refractivity contribution in [1.29, 1.82) is 0 Å². The first-order valence-corrected chi connectivity index (χ1v) is 9.50. The SMILES string of the molecule is Cc1ccc(C(CCc2ccncc2)(NCCc2ccncc2)C(N)=O)cc1. The Morgan fingerprint density at radius 3 is 1.96 bits per heavy atom. The van der Waals surface area contributed by atoms with Crippen LogP contribution in [0.3, 0.4) is 0 Å². The van der Waals surface area contributed by atoms with Crippen LogP contribution in [0.1, 0.15) is 28.7 Å². The molecule has 5 heteroatoms. The Labute approximate surface area is 166 Å². The molecule has 144 valence electrons. The summed E-state index contributed by atoms with van der Waals surface area (Å²) in [6.07, 6.45) is 9.18. The van der Waals surface area contributed by atoms with E-state index in [4.69, 9.17) is 5.73 Å². The van der Waals surface area contributed by atoms with E-state index < -0.39 is 5.54 Å². The number of nitrogens with two attached hydrogens (primary N) is 1. The second kappa shape index (κ2) is 9.24. The van der Waals surface area contributed by atoms with E-state index in [9.17, 15) is 4.79 Å². The predicted octanol–water partition coefficient (Wildman–Crippen LogP) is 2.93. The molecule has 28 heavy (non-hydrogen) atoms. The summed E-state index contributed by atoms with van der Waals surface area (Å²) in [5.74, 6) is -0.361. The highest BCUT2D eigenvalue weighted by atomic mass is 16.1. The van der Waals surface area contributed by atoms with Crippen molar-refractivity contribution in [2.24, 2.45) is 5.73 Å². The summed E-state index contributed by atoms with van der Waals surface area (Å²) in [7, 11) is 0. The van der Waals surface area contributed by atoms with Crippen molar-refractivity contribution >= 4 is 5.91 Å². The fourth-order valence-corrected chi connectivity index (χ4v) is 3.38. The lowest BCUT2D eigenvalue weighted by Gasteiger charge is -2.33. The van der Waals surface area contributed by atoms with Crippen molar-refractivity contribution in [1.82, 2.24) is 15.3 Å². The first kappa shape index (κ1) is 19.7. The third-order valence-corrected chi connectivity index (χ3v) is 5.09. The average molecular weight is 374 g/mol. The lowest BCUT2D eigenvalue weighted by Crippen LogP contribution is -2.53. The number of benzene rings is 1. The Kier molecular flexibility index (Phi) is 6.50. The van der Waals surface area contributed by atoms with Crippen molar-refractivity contribution in [3.05, 3.63) is 95.6 Å². The van der Waals surface area contributed by atoms with E-state index in [0.717, 1.165) is 29.5 Å². The van der Waals surface area contributed by atoms with Crippen molar-refractivity contribution in [2.75, 3.05) is 6.54 Å². The van der Waals surface area contributed by atoms with Crippen LogP contribution in [0.25, 0.3) is 0 Å². The van der Waals surface area contributed by atoms with E-state index in [1.54, 1.807) is 24.8 Å². The summed E-state index contributed by atoms with van der Waals surface area (Å²) >= 11 is 0. The number of hydrogen-bond donors (Lipinski definition) is 2. The van der Waals surface area contributed by atoms with E-state index in [-0.39, 0.29) is 5.91 Å². The van der Waals surface area contributed by atoms with E-state index >= 15 is 0 Å². The van der Waals surface area contributed by atoms with Crippen LogP contribution >= 0.6 is 0 Å². The van der Waals surface area contributed by atoms with Gasteiger partial charge < -0.3 is 5.73 Å². The normalized spacial score (nSPS) is 13.0. The smallest absolute Gasteiger partial charge is 0.242 e. The van der Waals surface area contributed by atoms with Crippen molar-refractivity contribution in [2.45, 2.75) is 31.7 Å². The Bertz CT molecular complexity index is 881. The number of nitrogens with one attached hydrogen (secondary N) is 1. The summed E-state index contributed by atoms with van der Waals surface area (Å²) < 4.78 is 0. The van der Waals surface area contributed by atoms with Gasteiger partial charge in [-0.3, -0.25) is 20.1 Å². The van der Waals surface area contributed by atoms with Gasteiger partial charge in [0.2, 0.25) is 5.91 Å². The molecular weight excluding hydrogens is 348 g/mol. The molecule has 1 atom stereocenters. The molecule has 0 aliphatic rings. The lowest BCUT2D eigenvalue weighted by atomic mass is 9.83. The molecular formula is C23H26N4O. The van der Waals surface area contributed by atoms with Crippen LogP contribution in [0.4, 0.5) is 0 Å². The maximum absolute atomic E-state index is 12.7. The van der Waals surface area contributed by atoms with Gasteiger partial charge in [0.1, 0.15) is 5.54 Å². The summed E-state index contributed by atoms with van der Waals surface area (Å²) in [5, 5.41) is 3.48. The molecule has 5 nitrogen and oxygen atoms in total. The Morgan fingerprint density at radius 2 is 1.43 bits per heavy atom. The molecule has 2 aromatic heterocycles. The van der Waals surface area contributed by atoms with Crippen LogP contribution in [-0.2, 0) is 23.2 Å². The lowest BCUT2D eigenvalue weighted by molar-refractivity contribution is -0.125. The quantitative estimate of drug-likeness (QED) is 0.603. The fraction of sp³-hybridized carbons (Fsp3) is 0.261. The standard InChI is InChI=1S/C23H26N4O/c1-18-2-4-21(5-3-18)23(22(24)28,12-6-19-7-13-25-14-8-19)27-17-11-20-9-15-26-16-10-20/h2-5,7-10,13-16,27H,6,11-12,17H2,1H3,(H2,24,28). The van der Waals surface area contributed by atoms with Crippen LogP contribution in [0, 0.1) is 6.92 Å². The number of primary amides is 1. The minimum atomic E-state index is -0.927. The third-order valence-electron chi connectivity index (χ3n) is 5.09. The van der Waals surface area contributed by atoms with Gasteiger partial charge in [0.05, 0.1) is 0 Å². The summed E-state index contributed by atoms with van der Waals surface area (Å²) in [6.45, 7) is 2.67. The van der Waals surface area contributed by atoms with Gasteiger partial charge in [0.25, 0.3) is 0 Å². The molecule has 1 unspecified atom stereocenters. The Morgan fingerprint density at radius 1 is 0.893 bits per heavy atom. The van der Waals surface area contributed by atoms with Crippen LogP contribution in [0.15, 0.2) is 73.3 Å². The first-order valence-electron chi connectivity index (χ1n) is 9.50. The molecule has 2 heterocycles. The van der Waals surface area contributed by atoms with Gasteiger partial charge in [-0.05, 0) is 67.1 Å². The van der Waals surface area contributed by atoms with E-state index in [0.29, 0.717) is 13.0 Å². The molecule has 3 N–H and O–H groups in total. The van der Waals surface area contributed by atoms with Gasteiger partial charge in [-0.25, -0.2) is 0 Å². The average Bonchev–Trinajstić information content (AvgIpc) is 2.72. The molecule has 0 aliphatic carbocycles. The summed E-state index contributed by atoms with van der Waals surface area (Å²) in [6, 6.07) is 15.9. The number of carbonyl (C=O) groups is 1. The van der Waals surface area contributed by atoms with E-state index in [1.807, 2.05) is 55.5 Å². The number of amides is 1. The van der Waals surface area contributed by atoms with Crippen LogP contribution < -0.4 is 11.1 Å². The van der Waals surface area contributed by atoms with Gasteiger partial charge in [0, 0.05) is 31.3 Å². The largest absolute Gasteiger partial charge is 0.368 e. The van der Waals surface area contributed by atoms with Crippen LogP contribution in [0.5, 0.6) is 0 Å². The molecule has 3 rings (SSSR count). The summed E-state index contributed by atoms with van der Waals surface area (Å²) in [4.78, 5) is 20.8. The number of nitrogens with zero attached hydrogens (tertiary/aromatic N) is 2. The maximum Gasteiger partial charge on any atom is 0.242 e. The predicted molar refractivity (Wildman–Crippen MR) is 111 cm³/mol. The number of aryl methyl sites for hydroxylation is 2. The molecule has 0 bridgehead atoms. The molecule has 1 aromatic carbocycles. The Balaban J connectivity index is 1.83. The van der Waals surface area contributed by atoms with Crippen molar-refractivity contribution in [3.8, 4) is 0 Å². The maximum atomic E-state index is 12.7. The third kappa shape index (κ3) is 4.81. The second-order valence-electron chi connectivity index (χ2n) is 7.02. The number of pyridine rings is 2. The van der Waals surface area contributed by atoms with E-state index in [2.05, 4.69) is 15.3 Å². The molecule has 0 aliphatic heterocycles. The zero-order chi connectivity index (χ0) is 19.8. The topological polar surface area (TPSA) is 80.9 Å². The monoisotopic (exact) mass is 374 g/mol. The Hall–Kier alpha value is -3.05. The number of hydrogen-bond acceptors (Lipinski definition) is 4. The zero-order valence-electron chi connectivity index (χ0n) is 16.1. The minimum absolute atomic E-state index is 0.361. The van der Waals surface area contributed by atoms with Gasteiger partial charge >= 0.3 is 0 Å². The highest BCUT2D eigenvalue weighted by molar-refractivity contribution is 5.86. The van der Waals surface area contributed by atoms with E-state index in [1.165, 1.54) is 5.56 Å². The van der Waals surface area contributed by atoms with Gasteiger partial charge in [0.15, 0.2) is 0 Å². The highest BCUT2D eigenvalue weighted by Gasteiger charge is 2.37. The van der Waals surface area contributed by atoms with Gasteiger partial charge in [-0.15, -0.1) is 0 Å². The molecule has 1 amide bonds. The first-order chi connectivity index (χ1) is 13.6. The van der Waals surface area contributed by atoms with Crippen molar-refractivity contribution in [3.63, 3.8) is 0 Å². The highest BCUT2D eigenvalue weighted by Crippen LogP contribution is 2.27. The zero-order valence-corrected chi connectivity index (χ0v) is 16.1. The van der Waals surface area contributed by atoms with Crippen LogP contribution in [-0.4, -0.2) is 22.4 Å². The summed E-state index contributed by atoms with van der Waals surface area (Å²) in [5.41, 5.74) is 9.37. The second-order valence-corrected chi connectivity index (χ2v) is 7.02. The molecule has 0 fully saturated rings. The molecule has 0 spiro atoms. The number of rotatable bonds is 9. The molecule has 3 aromatic rings. The van der Waals surface area contributed by atoms with Gasteiger partial charge in [-0.2, -0.15) is 0 Å². The number of aromatic nitrogens is 2. The van der Waals surface area contributed by atoms with Crippen molar-refractivity contribution < 1.29 is 4.79 Å². The minimum Gasteiger partial charge on any atom is -0.368 e. The molecule has 0 saturated carbocycles. The molecule has 0 saturated heterocycles. The van der Waals surface area contributed by atoms with Crippen LogP contribution in [0.2, 0.25) is 0 Å². The molecule has 0 radical (unpaired) electrons. The fourth-order valence-electron chi connectivity index (χ4n) is 3.38.